The van der Waals surface area contributed by atoms with Gasteiger partial charge in [0.05, 0.1) is 6.54 Å². The Bertz CT molecular complexity index is 695. The van der Waals surface area contributed by atoms with E-state index in [2.05, 4.69) is 57.9 Å². The van der Waals surface area contributed by atoms with Gasteiger partial charge in [0.25, 0.3) is 0 Å². The van der Waals surface area contributed by atoms with Crippen LogP contribution in [0.3, 0.4) is 0 Å². The Morgan fingerprint density at radius 2 is 2.08 bits per heavy atom. The van der Waals surface area contributed by atoms with Crippen molar-refractivity contribution in [3.8, 4) is 0 Å². The normalized spacial score (nSPS) is 11.0. The number of benzene rings is 1. The van der Waals surface area contributed by atoms with Crippen LogP contribution >= 0.6 is 0 Å². The first-order valence-electron chi connectivity index (χ1n) is 9.22. The summed E-state index contributed by atoms with van der Waals surface area (Å²) in [6.45, 7) is 7.59. The Kier molecular flexibility index (Phi) is 7.66. The minimum Gasteiger partial charge on any atom is -0.338 e. The molecule has 1 aromatic heterocycles. The predicted octanol–water partition coefficient (Wildman–Crippen LogP) is 2.72. The molecule has 0 saturated carbocycles. The standard InChI is InChI=1S/C20H31N5O/c1-5-9-22-20(26)25(13-12-23(3)4)16-19-21-10-11-24(19)15-18-8-6-7-17(2)14-18/h6-8,10-11,14H,5,9,12-13,15-16H2,1-4H3,(H,22,26). The molecule has 1 aromatic carbocycles. The summed E-state index contributed by atoms with van der Waals surface area (Å²) in [5, 5.41) is 2.98. The van der Waals surface area contributed by atoms with Crippen molar-refractivity contribution in [1.29, 1.82) is 0 Å². The van der Waals surface area contributed by atoms with Gasteiger partial charge in [0.2, 0.25) is 0 Å². The van der Waals surface area contributed by atoms with Crippen molar-refractivity contribution in [3.05, 3.63) is 53.6 Å². The number of urea groups is 1. The van der Waals surface area contributed by atoms with Gasteiger partial charge < -0.3 is 19.7 Å². The SMILES string of the molecule is CCCNC(=O)N(CCN(C)C)Cc1nccn1Cc1cccc(C)c1. The average molecular weight is 358 g/mol. The van der Waals surface area contributed by atoms with Gasteiger partial charge in [-0.05, 0) is 33.0 Å². The summed E-state index contributed by atoms with van der Waals surface area (Å²) in [5.74, 6) is 0.900. The Balaban J connectivity index is 2.09. The van der Waals surface area contributed by atoms with Crippen LogP contribution in [0, 0.1) is 6.92 Å². The second-order valence-corrected chi connectivity index (χ2v) is 6.92. The number of amides is 2. The number of nitrogens with one attached hydrogen (secondary N) is 1. The van der Waals surface area contributed by atoms with E-state index in [0.29, 0.717) is 19.6 Å². The summed E-state index contributed by atoms with van der Waals surface area (Å²) in [6.07, 6.45) is 4.71. The molecular formula is C20H31N5O. The van der Waals surface area contributed by atoms with E-state index in [4.69, 9.17) is 0 Å². The molecule has 0 radical (unpaired) electrons. The molecule has 0 atom stereocenters. The first kappa shape index (κ1) is 20.0. The number of hydrogen-bond donors (Lipinski definition) is 1. The molecule has 6 nitrogen and oxygen atoms in total. The lowest BCUT2D eigenvalue weighted by Gasteiger charge is -2.25. The molecule has 26 heavy (non-hydrogen) atoms. The largest absolute Gasteiger partial charge is 0.338 e. The van der Waals surface area contributed by atoms with Gasteiger partial charge in [-0.25, -0.2) is 9.78 Å². The minimum atomic E-state index is -0.0289. The number of rotatable bonds is 9. The maximum absolute atomic E-state index is 12.5. The van der Waals surface area contributed by atoms with Crippen LogP contribution in [-0.2, 0) is 13.1 Å². The average Bonchev–Trinajstić information content (AvgIpc) is 3.03. The number of aromatic nitrogens is 2. The Hall–Kier alpha value is -2.34. The molecule has 142 valence electrons. The molecule has 0 aliphatic rings. The quantitative estimate of drug-likeness (QED) is 0.751. The summed E-state index contributed by atoms with van der Waals surface area (Å²) in [4.78, 5) is 20.9. The van der Waals surface area contributed by atoms with Crippen LogP contribution in [-0.4, -0.2) is 59.1 Å². The highest BCUT2D eigenvalue weighted by Gasteiger charge is 2.16. The minimum absolute atomic E-state index is 0.0289. The molecule has 2 aromatic rings. The lowest BCUT2D eigenvalue weighted by Crippen LogP contribution is -2.43. The third-order valence-corrected chi connectivity index (χ3v) is 4.20. The summed E-state index contributed by atoms with van der Waals surface area (Å²) in [5.41, 5.74) is 2.48. The summed E-state index contributed by atoms with van der Waals surface area (Å²) >= 11 is 0. The predicted molar refractivity (Wildman–Crippen MR) is 105 cm³/mol. The van der Waals surface area contributed by atoms with E-state index in [-0.39, 0.29) is 6.03 Å². The Labute approximate surface area is 156 Å². The molecule has 1 heterocycles. The van der Waals surface area contributed by atoms with Gasteiger partial charge in [-0.2, -0.15) is 0 Å². The number of aryl methyl sites for hydroxylation is 1. The van der Waals surface area contributed by atoms with Gasteiger partial charge in [-0.15, -0.1) is 0 Å². The van der Waals surface area contributed by atoms with Crippen LogP contribution in [0.2, 0.25) is 0 Å². The van der Waals surface area contributed by atoms with Crippen molar-refractivity contribution in [2.75, 3.05) is 33.7 Å². The van der Waals surface area contributed by atoms with Crippen molar-refractivity contribution in [2.24, 2.45) is 0 Å². The van der Waals surface area contributed by atoms with Gasteiger partial charge >= 0.3 is 6.03 Å². The summed E-state index contributed by atoms with van der Waals surface area (Å²) < 4.78 is 2.12. The fourth-order valence-corrected chi connectivity index (χ4v) is 2.73. The maximum atomic E-state index is 12.5. The maximum Gasteiger partial charge on any atom is 0.317 e. The van der Waals surface area contributed by atoms with Gasteiger partial charge in [0.15, 0.2) is 0 Å². The van der Waals surface area contributed by atoms with Gasteiger partial charge in [0, 0.05) is 38.6 Å². The van der Waals surface area contributed by atoms with E-state index < -0.39 is 0 Å². The molecular weight excluding hydrogens is 326 g/mol. The topological polar surface area (TPSA) is 53.4 Å². The van der Waals surface area contributed by atoms with Gasteiger partial charge in [-0.1, -0.05) is 36.8 Å². The second-order valence-electron chi connectivity index (χ2n) is 6.92. The number of likely N-dealkylation sites (N-methyl/N-ethyl adjacent to an activating group) is 1. The highest BCUT2D eigenvalue weighted by Crippen LogP contribution is 2.10. The molecule has 2 amide bonds. The molecule has 0 bridgehead atoms. The van der Waals surface area contributed by atoms with Gasteiger partial charge in [-0.3, -0.25) is 0 Å². The Morgan fingerprint density at radius 3 is 2.77 bits per heavy atom. The highest BCUT2D eigenvalue weighted by molar-refractivity contribution is 5.74. The fraction of sp³-hybridized carbons (Fsp3) is 0.500. The zero-order valence-corrected chi connectivity index (χ0v) is 16.4. The zero-order valence-electron chi connectivity index (χ0n) is 16.4. The van der Waals surface area contributed by atoms with Crippen LogP contribution in [0.25, 0.3) is 0 Å². The van der Waals surface area contributed by atoms with E-state index in [9.17, 15) is 4.79 Å². The molecule has 2 rings (SSSR count). The molecule has 6 heteroatoms. The zero-order chi connectivity index (χ0) is 18.9. The van der Waals surface area contributed by atoms with Crippen molar-refractivity contribution in [3.63, 3.8) is 0 Å². The van der Waals surface area contributed by atoms with Crippen LogP contribution in [0.4, 0.5) is 4.79 Å². The monoisotopic (exact) mass is 357 g/mol. The number of imidazole rings is 1. The number of carbonyl (C=O) groups is 1. The van der Waals surface area contributed by atoms with Crippen molar-refractivity contribution in [2.45, 2.75) is 33.4 Å². The van der Waals surface area contributed by atoms with E-state index in [1.54, 1.807) is 6.20 Å². The van der Waals surface area contributed by atoms with Crippen molar-refractivity contribution < 1.29 is 4.79 Å². The van der Waals surface area contributed by atoms with Crippen LogP contribution < -0.4 is 5.32 Å². The molecule has 1 N–H and O–H groups in total. The van der Waals surface area contributed by atoms with Gasteiger partial charge in [0.1, 0.15) is 5.82 Å². The summed E-state index contributed by atoms with van der Waals surface area (Å²) in [6, 6.07) is 8.44. The van der Waals surface area contributed by atoms with Crippen LogP contribution in [0.15, 0.2) is 36.7 Å². The lowest BCUT2D eigenvalue weighted by molar-refractivity contribution is 0.186. The summed E-state index contributed by atoms with van der Waals surface area (Å²) in [7, 11) is 4.03. The fourth-order valence-electron chi connectivity index (χ4n) is 2.73. The third kappa shape index (κ3) is 6.19. The molecule has 0 fully saturated rings. The van der Waals surface area contributed by atoms with Crippen molar-refractivity contribution >= 4 is 6.03 Å². The van der Waals surface area contributed by atoms with E-state index in [0.717, 1.165) is 25.3 Å². The number of nitrogens with zero attached hydrogens (tertiary/aromatic N) is 4. The second kappa shape index (κ2) is 9.97. The molecule has 0 unspecified atom stereocenters. The molecule has 0 saturated heterocycles. The van der Waals surface area contributed by atoms with E-state index in [1.807, 2.05) is 25.2 Å². The number of hydrogen-bond acceptors (Lipinski definition) is 3. The lowest BCUT2D eigenvalue weighted by atomic mass is 10.1. The third-order valence-electron chi connectivity index (χ3n) is 4.20. The molecule has 0 aliphatic heterocycles. The van der Waals surface area contributed by atoms with Crippen molar-refractivity contribution in [1.82, 2.24) is 24.7 Å². The van der Waals surface area contributed by atoms with E-state index >= 15 is 0 Å². The Morgan fingerprint density at radius 1 is 1.27 bits per heavy atom. The first-order valence-corrected chi connectivity index (χ1v) is 9.22. The molecule has 0 aliphatic carbocycles. The first-order chi connectivity index (χ1) is 12.5. The number of carbonyl (C=O) groups excluding carboxylic acids is 1. The van der Waals surface area contributed by atoms with Crippen LogP contribution in [0.5, 0.6) is 0 Å². The highest BCUT2D eigenvalue weighted by atomic mass is 16.2. The van der Waals surface area contributed by atoms with E-state index in [1.165, 1.54) is 11.1 Å². The molecule has 0 spiro atoms. The van der Waals surface area contributed by atoms with Crippen LogP contribution in [0.1, 0.15) is 30.3 Å². The smallest absolute Gasteiger partial charge is 0.317 e.